The van der Waals surface area contributed by atoms with E-state index in [0.29, 0.717) is 0 Å². The highest BCUT2D eigenvalue weighted by atomic mass is 15.0. The second-order valence-electron chi connectivity index (χ2n) is 5.10. The van der Waals surface area contributed by atoms with Gasteiger partial charge in [-0.2, -0.15) is 0 Å². The first kappa shape index (κ1) is 14.5. The van der Waals surface area contributed by atoms with Crippen LogP contribution in [0.2, 0.25) is 0 Å². The van der Waals surface area contributed by atoms with Crippen LogP contribution in [0.25, 0.3) is 11.3 Å². The molecular weight excluding hydrogens is 246 g/mol. The van der Waals surface area contributed by atoms with Gasteiger partial charge in [-0.1, -0.05) is 44.0 Å². The summed E-state index contributed by atoms with van der Waals surface area (Å²) in [7, 11) is 0. The maximum atomic E-state index is 4.53. The predicted octanol–water partition coefficient (Wildman–Crippen LogP) is 4.23. The molecule has 0 fully saturated rings. The lowest BCUT2D eigenvalue weighted by Gasteiger charge is -2.14. The molecule has 1 aromatic heterocycles. The Balaban J connectivity index is 2.45. The molecule has 106 valence electrons. The molecule has 1 heterocycles. The quantitative estimate of drug-likeness (QED) is 0.853. The van der Waals surface area contributed by atoms with E-state index in [2.05, 4.69) is 60.3 Å². The smallest absolute Gasteiger partial charge is 0.133 e. The van der Waals surface area contributed by atoms with Gasteiger partial charge < -0.3 is 5.32 Å². The molecule has 1 N–H and O–H groups in total. The van der Waals surface area contributed by atoms with E-state index in [1.165, 1.54) is 16.7 Å². The molecule has 0 bridgehead atoms. The van der Waals surface area contributed by atoms with E-state index in [0.717, 1.165) is 37.3 Å². The van der Waals surface area contributed by atoms with Crippen LogP contribution in [0.1, 0.15) is 37.8 Å². The average molecular weight is 269 g/mol. The summed E-state index contributed by atoms with van der Waals surface area (Å²) < 4.78 is 0. The summed E-state index contributed by atoms with van der Waals surface area (Å²) in [5.41, 5.74) is 4.72. The highest BCUT2D eigenvalue weighted by Crippen LogP contribution is 2.27. The van der Waals surface area contributed by atoms with Crippen molar-refractivity contribution in [2.75, 3.05) is 11.9 Å². The van der Waals surface area contributed by atoms with Crippen molar-refractivity contribution < 1.29 is 0 Å². The molecule has 1 aromatic carbocycles. The second-order valence-corrected chi connectivity index (χ2v) is 5.10. The summed E-state index contributed by atoms with van der Waals surface area (Å²) in [5, 5.41) is 3.42. The number of hydrogen-bond donors (Lipinski definition) is 1. The zero-order chi connectivity index (χ0) is 14.4. The van der Waals surface area contributed by atoms with E-state index < -0.39 is 0 Å². The summed E-state index contributed by atoms with van der Waals surface area (Å²) in [6.07, 6.45) is 4.84. The number of aryl methyl sites for hydroxylation is 1. The van der Waals surface area contributed by atoms with Crippen molar-refractivity contribution in [2.24, 2.45) is 0 Å². The zero-order valence-corrected chi connectivity index (χ0v) is 12.6. The zero-order valence-electron chi connectivity index (χ0n) is 12.6. The van der Waals surface area contributed by atoms with Crippen LogP contribution in [-0.2, 0) is 6.42 Å². The number of anilines is 1. The van der Waals surface area contributed by atoms with Gasteiger partial charge in [-0.15, -0.1) is 0 Å². The van der Waals surface area contributed by atoms with Crippen molar-refractivity contribution in [1.82, 2.24) is 9.97 Å². The van der Waals surface area contributed by atoms with Crippen molar-refractivity contribution in [3.8, 4) is 11.3 Å². The summed E-state index contributed by atoms with van der Waals surface area (Å²) in [4.78, 5) is 8.95. The Morgan fingerprint density at radius 2 is 1.95 bits per heavy atom. The normalized spacial score (nSPS) is 10.6. The van der Waals surface area contributed by atoms with Crippen molar-refractivity contribution >= 4 is 5.82 Å². The van der Waals surface area contributed by atoms with Crippen LogP contribution in [0.15, 0.2) is 30.6 Å². The third kappa shape index (κ3) is 3.35. The number of aromatic nitrogens is 2. The largest absolute Gasteiger partial charge is 0.370 e. The number of hydrogen-bond acceptors (Lipinski definition) is 3. The van der Waals surface area contributed by atoms with E-state index in [1.54, 1.807) is 6.33 Å². The van der Waals surface area contributed by atoms with Gasteiger partial charge >= 0.3 is 0 Å². The molecule has 20 heavy (non-hydrogen) atoms. The molecule has 3 heteroatoms. The number of rotatable bonds is 6. The number of nitrogens with one attached hydrogen (secondary N) is 1. The van der Waals surface area contributed by atoms with E-state index in [9.17, 15) is 0 Å². The fourth-order valence-corrected chi connectivity index (χ4v) is 2.34. The maximum absolute atomic E-state index is 4.53. The Labute approximate surface area is 121 Å². The predicted molar refractivity (Wildman–Crippen MR) is 85.0 cm³/mol. The summed E-state index contributed by atoms with van der Waals surface area (Å²) in [6, 6.07) is 8.51. The van der Waals surface area contributed by atoms with Gasteiger partial charge in [0, 0.05) is 17.7 Å². The Morgan fingerprint density at radius 3 is 2.65 bits per heavy atom. The van der Waals surface area contributed by atoms with Crippen molar-refractivity contribution in [2.45, 2.75) is 40.0 Å². The number of benzene rings is 1. The van der Waals surface area contributed by atoms with Gasteiger partial charge in [0.1, 0.15) is 12.1 Å². The lowest BCUT2D eigenvalue weighted by Crippen LogP contribution is -2.07. The average Bonchev–Trinajstić information content (AvgIpc) is 2.46. The lowest BCUT2D eigenvalue weighted by molar-refractivity contribution is 0.892. The topological polar surface area (TPSA) is 37.8 Å². The van der Waals surface area contributed by atoms with E-state index in [-0.39, 0.29) is 0 Å². The van der Waals surface area contributed by atoms with E-state index in [4.69, 9.17) is 0 Å². The molecule has 0 atom stereocenters. The second kappa shape index (κ2) is 7.04. The summed E-state index contributed by atoms with van der Waals surface area (Å²) >= 11 is 0. The Hall–Kier alpha value is -1.90. The van der Waals surface area contributed by atoms with Crippen LogP contribution in [0.5, 0.6) is 0 Å². The van der Waals surface area contributed by atoms with Gasteiger partial charge in [0.2, 0.25) is 0 Å². The molecule has 0 unspecified atom stereocenters. The van der Waals surface area contributed by atoms with Gasteiger partial charge in [-0.3, -0.25) is 0 Å². The van der Waals surface area contributed by atoms with Crippen molar-refractivity contribution in [3.05, 3.63) is 41.7 Å². The molecule has 0 saturated carbocycles. The molecule has 0 amide bonds. The molecular formula is C17H23N3. The SMILES string of the molecule is CCCNc1ncnc(-c2cccc(C)c2)c1CCC. The third-order valence-corrected chi connectivity index (χ3v) is 3.28. The fraction of sp³-hybridized carbons (Fsp3) is 0.412. The highest BCUT2D eigenvalue weighted by Gasteiger charge is 2.12. The van der Waals surface area contributed by atoms with Crippen molar-refractivity contribution in [3.63, 3.8) is 0 Å². The third-order valence-electron chi connectivity index (χ3n) is 3.28. The van der Waals surface area contributed by atoms with Crippen LogP contribution in [-0.4, -0.2) is 16.5 Å². The summed E-state index contributed by atoms with van der Waals surface area (Å²) in [5.74, 6) is 0.986. The molecule has 2 aromatic rings. The first-order valence-electron chi connectivity index (χ1n) is 7.41. The van der Waals surface area contributed by atoms with Gasteiger partial charge in [0.25, 0.3) is 0 Å². The van der Waals surface area contributed by atoms with Gasteiger partial charge in [-0.25, -0.2) is 9.97 Å². The van der Waals surface area contributed by atoms with Crippen LogP contribution < -0.4 is 5.32 Å². The minimum atomic E-state index is 0.945. The first-order valence-corrected chi connectivity index (χ1v) is 7.41. The van der Waals surface area contributed by atoms with Crippen LogP contribution in [0.4, 0.5) is 5.82 Å². The first-order chi connectivity index (χ1) is 9.76. The molecule has 0 aliphatic carbocycles. The Kier molecular flexibility index (Phi) is 5.10. The van der Waals surface area contributed by atoms with Gasteiger partial charge in [0.15, 0.2) is 0 Å². The molecule has 3 nitrogen and oxygen atoms in total. The monoisotopic (exact) mass is 269 g/mol. The van der Waals surface area contributed by atoms with Crippen LogP contribution in [0.3, 0.4) is 0 Å². The molecule has 0 spiro atoms. The molecule has 2 rings (SSSR count). The maximum Gasteiger partial charge on any atom is 0.133 e. The van der Waals surface area contributed by atoms with E-state index in [1.807, 2.05) is 0 Å². The van der Waals surface area contributed by atoms with E-state index >= 15 is 0 Å². The minimum absolute atomic E-state index is 0.945. The molecule has 0 radical (unpaired) electrons. The molecule has 0 aliphatic heterocycles. The highest BCUT2D eigenvalue weighted by molar-refractivity contribution is 5.68. The van der Waals surface area contributed by atoms with Crippen LogP contribution >= 0.6 is 0 Å². The molecule has 0 saturated heterocycles. The Morgan fingerprint density at radius 1 is 1.10 bits per heavy atom. The standard InChI is InChI=1S/C17H23N3/c1-4-7-15-16(14-9-6-8-13(3)11-14)19-12-20-17(15)18-10-5-2/h6,8-9,11-12H,4-5,7,10H2,1-3H3,(H,18,19,20). The molecule has 0 aliphatic rings. The van der Waals surface area contributed by atoms with Crippen molar-refractivity contribution in [1.29, 1.82) is 0 Å². The Bertz CT molecular complexity index is 564. The van der Waals surface area contributed by atoms with Crippen LogP contribution in [0, 0.1) is 6.92 Å². The van der Waals surface area contributed by atoms with Gasteiger partial charge in [0.05, 0.1) is 5.69 Å². The lowest BCUT2D eigenvalue weighted by atomic mass is 10.0. The van der Waals surface area contributed by atoms with Gasteiger partial charge in [-0.05, 0) is 25.8 Å². The minimum Gasteiger partial charge on any atom is -0.370 e. The fourth-order valence-electron chi connectivity index (χ4n) is 2.34. The number of nitrogens with zero attached hydrogens (tertiary/aromatic N) is 2. The summed E-state index contributed by atoms with van der Waals surface area (Å²) in [6.45, 7) is 7.41.